The second-order valence-corrected chi connectivity index (χ2v) is 17.8. The first-order valence-corrected chi connectivity index (χ1v) is 24.2. The van der Waals surface area contributed by atoms with E-state index in [9.17, 15) is 19.0 Å². The molecule has 1 heterocycles. The minimum atomic E-state index is -4.65. The zero-order valence-corrected chi connectivity index (χ0v) is 38.5. The molecule has 59 heavy (non-hydrogen) atoms. The van der Waals surface area contributed by atoms with Gasteiger partial charge in [0.25, 0.3) is 7.82 Å². The second-order valence-electron chi connectivity index (χ2n) is 16.4. The molecule has 3 unspecified atom stereocenters. The third-order valence-electron chi connectivity index (χ3n) is 9.63. The Kier molecular flexibility index (Phi) is 33.3. The number of rotatable bonds is 39. The van der Waals surface area contributed by atoms with Crippen molar-refractivity contribution in [3.8, 4) is 0 Å². The molecule has 0 radical (unpaired) electrons. The van der Waals surface area contributed by atoms with E-state index >= 15 is 0 Å². The fraction of sp³-hybridized carbons (Fsp3) is 0.708. The Morgan fingerprint density at radius 3 is 1.81 bits per heavy atom. The number of hydrogen-bond donors (Lipinski definition) is 0. The molecule has 1 aliphatic rings. The van der Waals surface area contributed by atoms with E-state index in [-0.39, 0.29) is 26.1 Å². The molecular formula is C48H82NO9P. The Hall–Kier alpha value is -2.59. The summed E-state index contributed by atoms with van der Waals surface area (Å²) in [7, 11) is 1.11. The van der Waals surface area contributed by atoms with Crippen molar-refractivity contribution in [1.29, 1.82) is 0 Å². The number of likely N-dealkylation sites (N-methyl/N-ethyl adjacent to an activating group) is 1. The molecule has 0 spiro atoms. The lowest BCUT2D eigenvalue weighted by Gasteiger charge is -2.28. The molecule has 1 saturated heterocycles. The highest BCUT2D eigenvalue weighted by molar-refractivity contribution is 7.45. The van der Waals surface area contributed by atoms with Gasteiger partial charge in [-0.1, -0.05) is 132 Å². The molecule has 1 rings (SSSR count). The first-order chi connectivity index (χ1) is 28.5. The number of hydrogen-bond acceptors (Lipinski definition) is 9. The lowest BCUT2D eigenvalue weighted by atomic mass is 10.1. The number of quaternary nitrogens is 1. The van der Waals surface area contributed by atoms with Gasteiger partial charge in [0, 0.05) is 12.8 Å². The number of phosphoric ester groups is 1. The summed E-state index contributed by atoms with van der Waals surface area (Å²) in [5, 5.41) is 0. The highest BCUT2D eigenvalue weighted by Crippen LogP contribution is 2.38. The minimum absolute atomic E-state index is 0.0466. The minimum Gasteiger partial charge on any atom is -0.756 e. The molecule has 338 valence electrons. The molecular weight excluding hydrogens is 766 g/mol. The molecule has 0 bridgehead atoms. The number of nitrogens with zero attached hydrogens (tertiary/aromatic N) is 1. The van der Waals surface area contributed by atoms with Crippen LogP contribution in [0.2, 0.25) is 0 Å². The van der Waals surface area contributed by atoms with Gasteiger partial charge >= 0.3 is 11.9 Å². The van der Waals surface area contributed by atoms with E-state index in [1.165, 1.54) is 19.3 Å². The number of allylic oxidation sites excluding steroid dienone is 11. The maximum atomic E-state index is 12.7. The summed E-state index contributed by atoms with van der Waals surface area (Å²) in [6, 6.07) is 0. The first kappa shape index (κ1) is 54.4. The Morgan fingerprint density at radius 1 is 0.644 bits per heavy atom. The second kappa shape index (κ2) is 36.1. The fourth-order valence-electron chi connectivity index (χ4n) is 5.98. The van der Waals surface area contributed by atoms with Gasteiger partial charge in [-0.05, 0) is 83.5 Å². The quantitative estimate of drug-likeness (QED) is 0.0148. The van der Waals surface area contributed by atoms with Gasteiger partial charge in [-0.15, -0.1) is 0 Å². The molecule has 1 fully saturated rings. The van der Waals surface area contributed by atoms with Crippen LogP contribution in [0.25, 0.3) is 0 Å². The molecule has 0 aromatic rings. The molecule has 1 aliphatic heterocycles. The Morgan fingerprint density at radius 2 is 1.19 bits per heavy atom. The van der Waals surface area contributed by atoms with Gasteiger partial charge in [0.2, 0.25) is 0 Å². The Labute approximate surface area is 359 Å². The number of ether oxygens (including phenoxy) is 3. The monoisotopic (exact) mass is 848 g/mol. The highest BCUT2D eigenvalue weighted by Gasteiger charge is 2.36. The predicted molar refractivity (Wildman–Crippen MR) is 240 cm³/mol. The van der Waals surface area contributed by atoms with Crippen molar-refractivity contribution in [3.05, 3.63) is 72.9 Å². The number of epoxide rings is 1. The van der Waals surface area contributed by atoms with Crippen LogP contribution in [0.15, 0.2) is 72.9 Å². The molecule has 0 aromatic heterocycles. The van der Waals surface area contributed by atoms with Gasteiger partial charge in [-0.2, -0.15) is 0 Å². The van der Waals surface area contributed by atoms with Gasteiger partial charge in [-0.3, -0.25) is 14.2 Å². The summed E-state index contributed by atoms with van der Waals surface area (Å²) in [6.07, 6.45) is 46.6. The van der Waals surface area contributed by atoms with Crippen molar-refractivity contribution < 1.29 is 46.8 Å². The lowest BCUT2D eigenvalue weighted by molar-refractivity contribution is -0.870. The van der Waals surface area contributed by atoms with Crippen molar-refractivity contribution in [2.24, 2.45) is 0 Å². The van der Waals surface area contributed by atoms with E-state index in [1.54, 1.807) is 0 Å². The third-order valence-corrected chi connectivity index (χ3v) is 10.6. The van der Waals surface area contributed by atoms with Crippen LogP contribution in [-0.4, -0.2) is 82.2 Å². The number of carbonyl (C=O) groups is 2. The van der Waals surface area contributed by atoms with E-state index in [0.29, 0.717) is 36.1 Å². The van der Waals surface area contributed by atoms with Crippen molar-refractivity contribution >= 4 is 19.8 Å². The van der Waals surface area contributed by atoms with Crippen molar-refractivity contribution in [2.75, 3.05) is 47.5 Å². The number of esters is 2. The topological polar surface area (TPSA) is 124 Å². The van der Waals surface area contributed by atoms with Crippen LogP contribution in [0, 0.1) is 0 Å². The molecule has 0 N–H and O–H groups in total. The highest BCUT2D eigenvalue weighted by atomic mass is 31.2. The summed E-state index contributed by atoms with van der Waals surface area (Å²) < 4.78 is 39.7. The van der Waals surface area contributed by atoms with Gasteiger partial charge in [-0.25, -0.2) is 0 Å². The standard InChI is InChI=1S/C48H82NO9P/c1-6-8-10-12-14-15-16-17-18-19-20-21-22-23-24-25-26-30-35-39-48(51)57-44(43-56-59(52,53)55-41-40-49(3,4)5)42-54-47(50)38-34-31-27-29-33-37-46-45(58-46)36-32-28-13-11-9-7-2/h8,10,14-15,17-18,20-21,23-24,28,32,44-46H,6-7,9,11-13,16,19,22,25-27,29-31,33-43H2,1-5H3/b10-8-,15-14-,18-17-,21-20-,24-23-,32-28-/t44-,45?,46?/m1/s1. The molecule has 0 aliphatic carbocycles. The number of carbonyl (C=O) groups excluding carboxylic acids is 2. The van der Waals surface area contributed by atoms with Crippen LogP contribution in [0.5, 0.6) is 0 Å². The average Bonchev–Trinajstić information content (AvgIpc) is 3.94. The van der Waals surface area contributed by atoms with Gasteiger partial charge < -0.3 is 32.6 Å². The van der Waals surface area contributed by atoms with E-state index in [2.05, 4.69) is 86.8 Å². The van der Waals surface area contributed by atoms with Crippen LogP contribution < -0.4 is 4.89 Å². The lowest BCUT2D eigenvalue weighted by Crippen LogP contribution is -2.37. The van der Waals surface area contributed by atoms with Crippen molar-refractivity contribution in [1.82, 2.24) is 0 Å². The van der Waals surface area contributed by atoms with Crippen LogP contribution in [0.1, 0.15) is 155 Å². The van der Waals surface area contributed by atoms with E-state index in [0.717, 1.165) is 96.3 Å². The smallest absolute Gasteiger partial charge is 0.306 e. The zero-order chi connectivity index (χ0) is 43.3. The van der Waals surface area contributed by atoms with Crippen molar-refractivity contribution in [3.63, 3.8) is 0 Å². The zero-order valence-electron chi connectivity index (χ0n) is 37.6. The Bertz CT molecular complexity index is 1300. The van der Waals surface area contributed by atoms with Gasteiger partial charge in [0.1, 0.15) is 19.8 Å². The van der Waals surface area contributed by atoms with Gasteiger partial charge in [0.15, 0.2) is 6.10 Å². The molecule has 11 heteroatoms. The predicted octanol–water partition coefficient (Wildman–Crippen LogP) is 11.4. The summed E-state index contributed by atoms with van der Waals surface area (Å²) in [5.74, 6) is -0.902. The normalized spacial score (nSPS) is 17.7. The summed E-state index contributed by atoms with van der Waals surface area (Å²) >= 11 is 0. The average molecular weight is 848 g/mol. The summed E-state index contributed by atoms with van der Waals surface area (Å²) in [6.45, 7) is 4.00. The van der Waals surface area contributed by atoms with E-state index in [4.69, 9.17) is 23.3 Å². The van der Waals surface area contributed by atoms with Crippen molar-refractivity contribution in [2.45, 2.75) is 173 Å². The maximum absolute atomic E-state index is 12.7. The molecule has 4 atom stereocenters. The van der Waals surface area contributed by atoms with E-state index < -0.39 is 32.5 Å². The van der Waals surface area contributed by atoms with Crippen LogP contribution >= 0.6 is 7.82 Å². The third kappa shape index (κ3) is 36.9. The largest absolute Gasteiger partial charge is 0.756 e. The first-order valence-electron chi connectivity index (χ1n) is 22.8. The van der Waals surface area contributed by atoms with Crippen LogP contribution in [0.4, 0.5) is 0 Å². The molecule has 0 amide bonds. The number of phosphoric acid groups is 1. The number of unbranched alkanes of at least 4 members (excludes halogenated alkanes) is 10. The maximum Gasteiger partial charge on any atom is 0.306 e. The van der Waals surface area contributed by atoms with Crippen LogP contribution in [0.3, 0.4) is 0 Å². The van der Waals surface area contributed by atoms with E-state index in [1.807, 2.05) is 21.1 Å². The molecule has 0 aromatic carbocycles. The summed E-state index contributed by atoms with van der Waals surface area (Å²) in [4.78, 5) is 37.6. The van der Waals surface area contributed by atoms with Gasteiger partial charge in [0.05, 0.1) is 40.0 Å². The van der Waals surface area contributed by atoms with Crippen LogP contribution in [-0.2, 0) is 37.4 Å². The molecule has 10 nitrogen and oxygen atoms in total. The SMILES string of the molecule is CC/C=C\C/C=C\C/C=C\C/C=C\C/C=C\CCCCCC(=O)O[C@H](COC(=O)CCCCCCCC1OC1C/C=C\CCCCC)COP(=O)([O-])OCC[N+](C)(C)C. The Balaban J connectivity index is 2.31. The fourth-order valence-corrected chi connectivity index (χ4v) is 6.71. The molecule has 0 saturated carbocycles. The summed E-state index contributed by atoms with van der Waals surface area (Å²) in [5.41, 5.74) is 0.